The molecule has 104 valence electrons. The van der Waals surface area contributed by atoms with Crippen molar-refractivity contribution >= 4 is 29.2 Å². The Morgan fingerprint density at radius 1 is 1.15 bits per heavy atom. The molecule has 0 bridgehead atoms. The van der Waals surface area contributed by atoms with E-state index in [1.54, 1.807) is 12.1 Å². The van der Waals surface area contributed by atoms with E-state index in [9.17, 15) is 9.18 Å². The molecule has 0 aliphatic carbocycles. The minimum absolute atomic E-state index is 0.0193. The fourth-order valence-corrected chi connectivity index (χ4v) is 2.15. The first-order chi connectivity index (χ1) is 9.47. The molecule has 2 aromatic carbocycles. The largest absolute Gasteiger partial charge is 0.486 e. The molecule has 0 radical (unpaired) electrons. The van der Waals surface area contributed by atoms with Gasteiger partial charge in [-0.3, -0.25) is 0 Å². The number of aromatic carboxylic acids is 1. The van der Waals surface area contributed by atoms with E-state index in [4.69, 9.17) is 33.0 Å². The summed E-state index contributed by atoms with van der Waals surface area (Å²) in [7, 11) is 0. The Kier molecular flexibility index (Phi) is 4.47. The van der Waals surface area contributed by atoms with Crippen LogP contribution in [0.4, 0.5) is 4.39 Å². The zero-order chi connectivity index (χ0) is 14.7. The molecule has 0 atom stereocenters. The molecule has 6 heteroatoms. The van der Waals surface area contributed by atoms with E-state index >= 15 is 0 Å². The predicted octanol–water partition coefficient (Wildman–Crippen LogP) is 4.41. The third-order valence-electron chi connectivity index (χ3n) is 2.54. The molecule has 3 nitrogen and oxygen atoms in total. The van der Waals surface area contributed by atoms with Crippen LogP contribution in [-0.2, 0) is 6.61 Å². The van der Waals surface area contributed by atoms with Crippen molar-refractivity contribution < 1.29 is 19.0 Å². The van der Waals surface area contributed by atoms with Gasteiger partial charge in [0.1, 0.15) is 12.4 Å². The van der Waals surface area contributed by atoms with Crippen molar-refractivity contribution in [2.45, 2.75) is 6.61 Å². The highest BCUT2D eigenvalue weighted by atomic mass is 35.5. The molecule has 2 rings (SSSR count). The molecule has 0 spiro atoms. The fraction of sp³-hybridized carbons (Fsp3) is 0.0714. The van der Waals surface area contributed by atoms with Gasteiger partial charge in [-0.15, -0.1) is 0 Å². The van der Waals surface area contributed by atoms with Crippen LogP contribution in [-0.4, -0.2) is 11.1 Å². The van der Waals surface area contributed by atoms with Gasteiger partial charge in [0, 0.05) is 0 Å². The van der Waals surface area contributed by atoms with Gasteiger partial charge < -0.3 is 9.84 Å². The number of benzene rings is 2. The second-order valence-corrected chi connectivity index (χ2v) is 4.80. The topological polar surface area (TPSA) is 46.5 Å². The Bertz CT molecular complexity index is 618. The number of hydrogen-bond acceptors (Lipinski definition) is 2. The summed E-state index contributed by atoms with van der Waals surface area (Å²) in [6, 6.07) is 8.29. The molecule has 0 amide bonds. The van der Waals surface area contributed by atoms with Crippen LogP contribution >= 0.6 is 23.2 Å². The van der Waals surface area contributed by atoms with E-state index in [1.165, 1.54) is 24.3 Å². The Morgan fingerprint density at radius 3 is 2.20 bits per heavy atom. The van der Waals surface area contributed by atoms with Crippen LogP contribution in [0.1, 0.15) is 15.9 Å². The molecule has 2 aromatic rings. The van der Waals surface area contributed by atoms with E-state index in [0.29, 0.717) is 0 Å². The lowest BCUT2D eigenvalue weighted by Crippen LogP contribution is -2.00. The summed E-state index contributed by atoms with van der Waals surface area (Å²) in [4.78, 5) is 10.8. The van der Waals surface area contributed by atoms with Crippen LogP contribution < -0.4 is 4.74 Å². The van der Waals surface area contributed by atoms with Crippen molar-refractivity contribution in [1.29, 1.82) is 0 Å². The van der Waals surface area contributed by atoms with Crippen molar-refractivity contribution in [2.24, 2.45) is 0 Å². The minimum atomic E-state index is -1.13. The number of halogens is 3. The predicted molar refractivity (Wildman–Crippen MR) is 74.2 cm³/mol. The average molecular weight is 315 g/mol. The summed E-state index contributed by atoms with van der Waals surface area (Å²) in [6.45, 7) is 0.145. The number of ether oxygens (including phenoxy) is 1. The number of carboxylic acids is 1. The summed E-state index contributed by atoms with van der Waals surface area (Å²) in [6.07, 6.45) is 0. The van der Waals surface area contributed by atoms with Crippen LogP contribution in [0.5, 0.6) is 5.75 Å². The maximum absolute atomic E-state index is 12.8. The first kappa shape index (κ1) is 14.6. The minimum Gasteiger partial charge on any atom is -0.486 e. The highest BCUT2D eigenvalue weighted by Crippen LogP contribution is 2.34. The molecule has 0 saturated heterocycles. The van der Waals surface area contributed by atoms with Crippen molar-refractivity contribution in [1.82, 2.24) is 0 Å². The van der Waals surface area contributed by atoms with Gasteiger partial charge >= 0.3 is 5.97 Å². The summed E-state index contributed by atoms with van der Waals surface area (Å²) < 4.78 is 18.2. The van der Waals surface area contributed by atoms with Crippen molar-refractivity contribution in [3.8, 4) is 5.75 Å². The van der Waals surface area contributed by atoms with Gasteiger partial charge in [0.25, 0.3) is 0 Å². The second kappa shape index (κ2) is 6.11. The van der Waals surface area contributed by atoms with E-state index in [1.807, 2.05) is 0 Å². The highest BCUT2D eigenvalue weighted by Gasteiger charge is 2.13. The number of hydrogen-bond donors (Lipinski definition) is 1. The molecule has 0 heterocycles. The maximum Gasteiger partial charge on any atom is 0.335 e. The zero-order valence-corrected chi connectivity index (χ0v) is 11.6. The summed E-state index contributed by atoms with van der Waals surface area (Å²) in [5, 5.41) is 9.08. The van der Waals surface area contributed by atoms with E-state index in [0.717, 1.165) is 5.56 Å². The molecule has 0 aromatic heterocycles. The van der Waals surface area contributed by atoms with Gasteiger partial charge in [0.05, 0.1) is 15.6 Å². The van der Waals surface area contributed by atoms with Crippen molar-refractivity contribution in [3.05, 3.63) is 63.4 Å². The van der Waals surface area contributed by atoms with Crippen LogP contribution in [0.25, 0.3) is 0 Å². The normalized spacial score (nSPS) is 10.3. The number of carbonyl (C=O) groups is 1. The van der Waals surface area contributed by atoms with Crippen LogP contribution in [0.15, 0.2) is 36.4 Å². The first-order valence-electron chi connectivity index (χ1n) is 5.57. The molecule has 0 saturated carbocycles. The number of rotatable bonds is 4. The van der Waals surface area contributed by atoms with Crippen molar-refractivity contribution in [2.75, 3.05) is 0 Å². The number of carboxylic acid groups (broad SMARTS) is 1. The van der Waals surface area contributed by atoms with Crippen LogP contribution in [0.3, 0.4) is 0 Å². The van der Waals surface area contributed by atoms with Crippen LogP contribution in [0, 0.1) is 5.82 Å². The van der Waals surface area contributed by atoms with Gasteiger partial charge in [-0.2, -0.15) is 0 Å². The molecule has 0 fully saturated rings. The maximum atomic E-state index is 12.8. The summed E-state index contributed by atoms with van der Waals surface area (Å²) >= 11 is 11.9. The zero-order valence-electron chi connectivity index (χ0n) is 10.1. The Balaban J connectivity index is 2.17. The standard InChI is InChI=1S/C14H9Cl2FO3/c15-11-5-9(14(18)19)6-12(16)13(11)20-7-8-1-3-10(17)4-2-8/h1-6H,7H2,(H,18,19). The highest BCUT2D eigenvalue weighted by molar-refractivity contribution is 6.37. The van der Waals surface area contributed by atoms with Gasteiger partial charge in [-0.05, 0) is 29.8 Å². The first-order valence-corrected chi connectivity index (χ1v) is 6.32. The lowest BCUT2D eigenvalue weighted by molar-refractivity contribution is 0.0697. The fourth-order valence-electron chi connectivity index (χ4n) is 1.56. The molecule has 0 aliphatic heterocycles. The van der Waals surface area contributed by atoms with Crippen LogP contribution in [0.2, 0.25) is 10.0 Å². The van der Waals surface area contributed by atoms with Gasteiger partial charge in [0.2, 0.25) is 0 Å². The molecule has 1 N–H and O–H groups in total. The summed E-state index contributed by atoms with van der Waals surface area (Å²) in [5.41, 5.74) is 0.718. The molecule has 20 heavy (non-hydrogen) atoms. The monoisotopic (exact) mass is 314 g/mol. The summed E-state index contributed by atoms with van der Waals surface area (Å²) in [5.74, 6) is -1.27. The van der Waals surface area contributed by atoms with Gasteiger partial charge in [-0.1, -0.05) is 35.3 Å². The molecular weight excluding hydrogens is 306 g/mol. The van der Waals surface area contributed by atoms with E-state index in [-0.39, 0.29) is 33.8 Å². The third-order valence-corrected chi connectivity index (χ3v) is 3.10. The lowest BCUT2D eigenvalue weighted by atomic mass is 10.2. The Hall–Kier alpha value is -1.78. The lowest BCUT2D eigenvalue weighted by Gasteiger charge is -2.11. The quantitative estimate of drug-likeness (QED) is 0.909. The smallest absolute Gasteiger partial charge is 0.335 e. The SMILES string of the molecule is O=C(O)c1cc(Cl)c(OCc2ccc(F)cc2)c(Cl)c1. The second-order valence-electron chi connectivity index (χ2n) is 3.99. The van der Waals surface area contributed by atoms with E-state index in [2.05, 4.69) is 0 Å². The molecule has 0 aliphatic rings. The van der Waals surface area contributed by atoms with Gasteiger partial charge in [-0.25, -0.2) is 9.18 Å². The van der Waals surface area contributed by atoms with Gasteiger partial charge in [0.15, 0.2) is 5.75 Å². The Labute approximate surface area is 124 Å². The Morgan fingerprint density at radius 2 is 1.70 bits per heavy atom. The van der Waals surface area contributed by atoms with E-state index < -0.39 is 5.97 Å². The van der Waals surface area contributed by atoms with Crippen molar-refractivity contribution in [3.63, 3.8) is 0 Å². The average Bonchev–Trinajstić information content (AvgIpc) is 2.39. The molecular formula is C14H9Cl2FO3. The third kappa shape index (κ3) is 3.40. The molecule has 0 unspecified atom stereocenters.